The molecule has 4 rings (SSSR count). The maximum absolute atomic E-state index is 13.6. The second kappa shape index (κ2) is 12.2. The van der Waals surface area contributed by atoms with Gasteiger partial charge in [-0.3, -0.25) is 14.8 Å². The van der Waals surface area contributed by atoms with Crippen LogP contribution < -0.4 is 25.0 Å². The van der Waals surface area contributed by atoms with Gasteiger partial charge < -0.3 is 19.7 Å². The molecule has 3 aromatic rings. The Bertz CT molecular complexity index is 1410. The number of hydrogen-bond acceptors (Lipinski definition) is 7. The van der Waals surface area contributed by atoms with Crippen LogP contribution in [0, 0.1) is 6.92 Å². The molecule has 0 bridgehead atoms. The predicted molar refractivity (Wildman–Crippen MR) is 153 cm³/mol. The largest absolute Gasteiger partial charge is 0.494 e. The van der Waals surface area contributed by atoms with Crippen molar-refractivity contribution in [3.05, 3.63) is 77.9 Å². The topological polar surface area (TPSA) is 109 Å². The number of morpholine rings is 1. The lowest BCUT2D eigenvalue weighted by molar-refractivity contribution is 0.0977. The lowest BCUT2D eigenvalue weighted by Crippen LogP contribution is -2.37. The van der Waals surface area contributed by atoms with Crippen molar-refractivity contribution < 1.29 is 22.7 Å². The molecular formula is C27H30N4O5S2. The summed E-state index contributed by atoms with van der Waals surface area (Å²) in [5, 5.41) is 5.60. The van der Waals surface area contributed by atoms with Crippen LogP contribution in [0.1, 0.15) is 22.8 Å². The van der Waals surface area contributed by atoms with Crippen LogP contribution in [0.15, 0.2) is 71.6 Å². The maximum atomic E-state index is 13.6. The third-order valence-electron chi connectivity index (χ3n) is 5.90. The van der Waals surface area contributed by atoms with E-state index in [0.717, 1.165) is 5.56 Å². The van der Waals surface area contributed by atoms with E-state index in [9.17, 15) is 13.2 Å². The van der Waals surface area contributed by atoms with Crippen LogP contribution in [0.25, 0.3) is 0 Å². The Morgan fingerprint density at radius 2 is 1.76 bits per heavy atom. The number of rotatable bonds is 8. The SMILES string of the molecule is CCOc1ccc(C(=O)NC(=S)Nc2ccc(N3CCOCC3)c(S(=O)(=O)Nc3ccccc3C)c2)cc1. The number of hydrogen-bond donors (Lipinski definition) is 3. The number of amides is 1. The van der Waals surface area contributed by atoms with Gasteiger partial charge in [-0.05, 0) is 80.2 Å². The van der Waals surface area contributed by atoms with Gasteiger partial charge in [-0.1, -0.05) is 18.2 Å². The van der Waals surface area contributed by atoms with Gasteiger partial charge in [0.15, 0.2) is 5.11 Å². The highest BCUT2D eigenvalue weighted by Crippen LogP contribution is 2.31. The molecule has 0 atom stereocenters. The van der Waals surface area contributed by atoms with Crippen LogP contribution in [-0.4, -0.2) is 52.3 Å². The zero-order valence-electron chi connectivity index (χ0n) is 21.2. The van der Waals surface area contributed by atoms with Crippen molar-refractivity contribution in [1.29, 1.82) is 0 Å². The molecule has 0 radical (unpaired) electrons. The summed E-state index contributed by atoms with van der Waals surface area (Å²) < 4.78 is 40.7. The Morgan fingerprint density at radius 3 is 2.45 bits per heavy atom. The smallest absolute Gasteiger partial charge is 0.264 e. The van der Waals surface area contributed by atoms with E-state index in [-0.39, 0.29) is 10.0 Å². The van der Waals surface area contributed by atoms with Crippen LogP contribution in [0.5, 0.6) is 5.75 Å². The van der Waals surface area contributed by atoms with Gasteiger partial charge in [0.25, 0.3) is 15.9 Å². The summed E-state index contributed by atoms with van der Waals surface area (Å²) in [4.78, 5) is 14.7. The Balaban J connectivity index is 1.55. The van der Waals surface area contributed by atoms with Gasteiger partial charge in [-0.15, -0.1) is 0 Å². The average molecular weight is 555 g/mol. The van der Waals surface area contributed by atoms with Crippen molar-refractivity contribution in [2.24, 2.45) is 0 Å². The number of carbonyl (C=O) groups is 1. The van der Waals surface area contributed by atoms with E-state index in [1.807, 2.05) is 30.9 Å². The first-order valence-corrected chi connectivity index (χ1v) is 14.1. The molecule has 38 heavy (non-hydrogen) atoms. The molecule has 1 amide bonds. The molecule has 0 aromatic heterocycles. The second-order valence-electron chi connectivity index (χ2n) is 8.57. The molecule has 0 spiro atoms. The van der Waals surface area contributed by atoms with Gasteiger partial charge in [-0.2, -0.15) is 0 Å². The Hall–Kier alpha value is -3.67. The number of benzene rings is 3. The highest BCUT2D eigenvalue weighted by atomic mass is 32.2. The van der Waals surface area contributed by atoms with Crippen LogP contribution in [0.3, 0.4) is 0 Å². The zero-order valence-corrected chi connectivity index (χ0v) is 22.8. The lowest BCUT2D eigenvalue weighted by atomic mass is 10.2. The van der Waals surface area contributed by atoms with Crippen LogP contribution in [0.2, 0.25) is 0 Å². The molecule has 1 saturated heterocycles. The Morgan fingerprint density at radius 1 is 1.05 bits per heavy atom. The monoisotopic (exact) mass is 554 g/mol. The molecule has 3 aromatic carbocycles. The first-order chi connectivity index (χ1) is 18.3. The number of nitrogens with zero attached hydrogens (tertiary/aromatic N) is 1. The molecule has 1 aliphatic rings. The quantitative estimate of drug-likeness (QED) is 0.356. The molecule has 200 valence electrons. The van der Waals surface area contributed by atoms with Crippen molar-refractivity contribution in [2.75, 3.05) is 47.8 Å². The summed E-state index contributed by atoms with van der Waals surface area (Å²) in [6.45, 7) is 6.39. The third kappa shape index (κ3) is 6.80. The van der Waals surface area contributed by atoms with E-state index in [1.165, 1.54) is 6.07 Å². The normalized spacial score (nSPS) is 13.5. The minimum atomic E-state index is -3.96. The molecule has 1 heterocycles. The molecule has 1 aliphatic heterocycles. The van der Waals surface area contributed by atoms with E-state index in [2.05, 4.69) is 15.4 Å². The summed E-state index contributed by atoms with van der Waals surface area (Å²) in [6, 6.07) is 18.8. The van der Waals surface area contributed by atoms with Crippen molar-refractivity contribution in [2.45, 2.75) is 18.7 Å². The summed E-state index contributed by atoms with van der Waals surface area (Å²) in [5.41, 5.74) is 2.69. The van der Waals surface area contributed by atoms with Crippen molar-refractivity contribution in [3.8, 4) is 5.75 Å². The number of aryl methyl sites for hydroxylation is 1. The first kappa shape index (κ1) is 27.4. The molecule has 0 saturated carbocycles. The molecular weight excluding hydrogens is 524 g/mol. The van der Waals surface area contributed by atoms with Crippen LogP contribution in [0.4, 0.5) is 17.1 Å². The molecule has 0 aliphatic carbocycles. The molecule has 1 fully saturated rings. The van der Waals surface area contributed by atoms with Gasteiger partial charge in [-0.25, -0.2) is 8.42 Å². The average Bonchev–Trinajstić information content (AvgIpc) is 2.91. The summed E-state index contributed by atoms with van der Waals surface area (Å²) >= 11 is 5.34. The fourth-order valence-corrected chi connectivity index (χ4v) is 5.56. The Labute approximate surface area is 228 Å². The van der Waals surface area contributed by atoms with E-state index in [0.29, 0.717) is 61.3 Å². The fourth-order valence-electron chi connectivity index (χ4n) is 3.97. The summed E-state index contributed by atoms with van der Waals surface area (Å²) in [7, 11) is -3.96. The number of anilines is 3. The zero-order chi connectivity index (χ0) is 27.1. The predicted octanol–water partition coefficient (Wildman–Crippen LogP) is 4.16. The molecule has 3 N–H and O–H groups in total. The molecule has 11 heteroatoms. The minimum absolute atomic E-state index is 0.0400. The number of thiocarbonyl (C=S) groups is 1. The fraction of sp³-hybridized carbons (Fsp3) is 0.259. The number of para-hydroxylation sites is 1. The highest BCUT2D eigenvalue weighted by Gasteiger charge is 2.25. The molecule has 9 nitrogen and oxygen atoms in total. The number of nitrogens with one attached hydrogen (secondary N) is 3. The van der Waals surface area contributed by atoms with Gasteiger partial charge in [0.2, 0.25) is 0 Å². The third-order valence-corrected chi connectivity index (χ3v) is 7.50. The van der Waals surface area contributed by atoms with Gasteiger partial charge in [0.1, 0.15) is 10.6 Å². The summed E-state index contributed by atoms with van der Waals surface area (Å²) in [5.74, 6) is 0.266. The van der Waals surface area contributed by atoms with Crippen molar-refractivity contribution in [1.82, 2.24) is 5.32 Å². The number of carbonyl (C=O) groups excluding carboxylic acids is 1. The van der Waals surface area contributed by atoms with Gasteiger partial charge in [0, 0.05) is 24.3 Å². The number of sulfonamides is 1. The van der Waals surface area contributed by atoms with Crippen LogP contribution >= 0.6 is 12.2 Å². The minimum Gasteiger partial charge on any atom is -0.494 e. The highest BCUT2D eigenvalue weighted by molar-refractivity contribution is 7.93. The lowest BCUT2D eigenvalue weighted by Gasteiger charge is -2.30. The van der Waals surface area contributed by atoms with Gasteiger partial charge in [0.05, 0.1) is 31.2 Å². The molecule has 0 unspecified atom stereocenters. The van der Waals surface area contributed by atoms with Crippen molar-refractivity contribution >= 4 is 50.3 Å². The number of ether oxygens (including phenoxy) is 2. The maximum Gasteiger partial charge on any atom is 0.264 e. The Kier molecular flexibility index (Phi) is 8.82. The standard InChI is InChI=1S/C27H30N4O5S2/c1-3-36-22-11-8-20(9-12-22)26(32)29-27(37)28-21-10-13-24(31-14-16-35-17-15-31)25(18-21)38(33,34)30-23-7-5-4-6-19(23)2/h4-13,18,30H,3,14-17H2,1-2H3,(H2,28,29,32,37). The first-order valence-electron chi connectivity index (χ1n) is 12.2. The second-order valence-corrected chi connectivity index (χ2v) is 10.6. The van der Waals surface area contributed by atoms with E-state index in [1.54, 1.807) is 48.5 Å². The van der Waals surface area contributed by atoms with E-state index >= 15 is 0 Å². The van der Waals surface area contributed by atoms with Gasteiger partial charge >= 0.3 is 0 Å². The van der Waals surface area contributed by atoms with E-state index < -0.39 is 15.9 Å². The summed E-state index contributed by atoms with van der Waals surface area (Å²) in [6.07, 6.45) is 0. The van der Waals surface area contributed by atoms with Crippen molar-refractivity contribution in [3.63, 3.8) is 0 Å². The van der Waals surface area contributed by atoms with E-state index in [4.69, 9.17) is 21.7 Å². The van der Waals surface area contributed by atoms with Crippen LogP contribution in [-0.2, 0) is 14.8 Å².